The van der Waals surface area contributed by atoms with Crippen molar-refractivity contribution in [1.29, 1.82) is 5.26 Å². The van der Waals surface area contributed by atoms with Gasteiger partial charge in [-0.2, -0.15) is 5.26 Å². The lowest BCUT2D eigenvalue weighted by molar-refractivity contribution is 0.626. The molecule has 0 aromatic heterocycles. The Labute approximate surface area is 104 Å². The van der Waals surface area contributed by atoms with Crippen molar-refractivity contribution in [2.24, 2.45) is 0 Å². The Hall–Kier alpha value is -2.41. The van der Waals surface area contributed by atoms with Crippen LogP contribution in [-0.4, -0.2) is 7.05 Å². The Bertz CT molecular complexity index is 617. The van der Waals surface area contributed by atoms with Gasteiger partial charge in [-0.25, -0.2) is 8.78 Å². The van der Waals surface area contributed by atoms with E-state index in [-0.39, 0.29) is 11.4 Å². The van der Waals surface area contributed by atoms with Gasteiger partial charge >= 0.3 is 0 Å². The second-order valence-corrected chi connectivity index (χ2v) is 3.81. The summed E-state index contributed by atoms with van der Waals surface area (Å²) < 4.78 is 26.2. The molecule has 2 aromatic carbocycles. The van der Waals surface area contributed by atoms with Crippen molar-refractivity contribution in [1.82, 2.24) is 0 Å². The van der Waals surface area contributed by atoms with E-state index in [1.54, 1.807) is 24.1 Å². The maximum absolute atomic E-state index is 13.1. The second-order valence-electron chi connectivity index (χ2n) is 3.81. The zero-order chi connectivity index (χ0) is 13.1. The molecule has 0 amide bonds. The van der Waals surface area contributed by atoms with E-state index in [1.807, 2.05) is 6.07 Å². The summed E-state index contributed by atoms with van der Waals surface area (Å²) in [5.41, 5.74) is 1.34. The van der Waals surface area contributed by atoms with Gasteiger partial charge in [-0.1, -0.05) is 6.07 Å². The van der Waals surface area contributed by atoms with Crippen LogP contribution >= 0.6 is 0 Å². The van der Waals surface area contributed by atoms with Crippen LogP contribution in [0.25, 0.3) is 0 Å². The van der Waals surface area contributed by atoms with Crippen molar-refractivity contribution in [3.63, 3.8) is 0 Å². The molecule has 2 aromatic rings. The van der Waals surface area contributed by atoms with Gasteiger partial charge in [0, 0.05) is 12.7 Å². The van der Waals surface area contributed by atoms with E-state index < -0.39 is 5.82 Å². The van der Waals surface area contributed by atoms with Crippen molar-refractivity contribution in [3.05, 3.63) is 59.7 Å². The number of rotatable bonds is 2. The molecule has 0 saturated heterocycles. The number of halogens is 2. The van der Waals surface area contributed by atoms with Crippen molar-refractivity contribution >= 4 is 11.4 Å². The van der Waals surface area contributed by atoms with E-state index in [9.17, 15) is 8.78 Å². The number of nitriles is 1. The molecule has 18 heavy (non-hydrogen) atoms. The largest absolute Gasteiger partial charge is 0.343 e. The third kappa shape index (κ3) is 2.30. The lowest BCUT2D eigenvalue weighted by Crippen LogP contribution is -2.11. The van der Waals surface area contributed by atoms with Gasteiger partial charge in [0.2, 0.25) is 0 Å². The molecule has 0 bridgehead atoms. The van der Waals surface area contributed by atoms with Gasteiger partial charge in [-0.3, -0.25) is 0 Å². The third-order valence-corrected chi connectivity index (χ3v) is 2.64. The van der Waals surface area contributed by atoms with Crippen LogP contribution in [0, 0.1) is 23.0 Å². The maximum atomic E-state index is 13.1. The monoisotopic (exact) mass is 244 g/mol. The Morgan fingerprint density at radius 3 is 2.44 bits per heavy atom. The molecule has 0 atom stereocenters. The van der Waals surface area contributed by atoms with Gasteiger partial charge in [-0.05, 0) is 36.4 Å². The van der Waals surface area contributed by atoms with Gasteiger partial charge in [0.15, 0.2) is 0 Å². The normalized spacial score (nSPS) is 9.89. The third-order valence-electron chi connectivity index (χ3n) is 2.64. The van der Waals surface area contributed by atoms with Crippen molar-refractivity contribution in [3.8, 4) is 6.07 Å². The Morgan fingerprint density at radius 2 is 1.78 bits per heavy atom. The molecular weight excluding hydrogens is 234 g/mol. The number of hydrogen-bond donors (Lipinski definition) is 0. The fourth-order valence-electron chi connectivity index (χ4n) is 1.71. The molecule has 2 rings (SSSR count). The summed E-state index contributed by atoms with van der Waals surface area (Å²) >= 11 is 0. The molecule has 0 spiro atoms. The van der Waals surface area contributed by atoms with Gasteiger partial charge < -0.3 is 4.90 Å². The molecule has 0 N–H and O–H groups in total. The Morgan fingerprint density at radius 1 is 1.06 bits per heavy atom. The number of hydrogen-bond acceptors (Lipinski definition) is 2. The van der Waals surface area contributed by atoms with Gasteiger partial charge in [0.25, 0.3) is 0 Å². The first kappa shape index (κ1) is 12.1. The highest BCUT2D eigenvalue weighted by Gasteiger charge is 2.10. The van der Waals surface area contributed by atoms with E-state index in [1.165, 1.54) is 24.3 Å². The van der Waals surface area contributed by atoms with E-state index in [4.69, 9.17) is 5.26 Å². The zero-order valence-corrected chi connectivity index (χ0v) is 9.69. The summed E-state index contributed by atoms with van der Waals surface area (Å²) in [6, 6.07) is 11.8. The highest BCUT2D eigenvalue weighted by atomic mass is 19.1. The fourth-order valence-corrected chi connectivity index (χ4v) is 1.71. The summed E-state index contributed by atoms with van der Waals surface area (Å²) in [6.45, 7) is 0. The summed E-state index contributed by atoms with van der Waals surface area (Å²) in [6.07, 6.45) is 0. The van der Waals surface area contributed by atoms with Crippen LogP contribution in [0.3, 0.4) is 0 Å². The highest BCUT2D eigenvalue weighted by Crippen LogP contribution is 2.27. The summed E-state index contributed by atoms with van der Waals surface area (Å²) in [5, 5.41) is 8.98. The molecule has 0 unspecified atom stereocenters. The molecule has 0 radical (unpaired) electrons. The van der Waals surface area contributed by atoms with Crippen molar-refractivity contribution < 1.29 is 8.78 Å². The minimum Gasteiger partial charge on any atom is -0.343 e. The first-order valence-electron chi connectivity index (χ1n) is 5.31. The van der Waals surface area contributed by atoms with E-state index in [0.717, 1.165) is 6.07 Å². The number of nitrogens with zero attached hydrogens (tertiary/aromatic N) is 2. The predicted octanol–water partition coefficient (Wildman–Crippen LogP) is 3.60. The lowest BCUT2D eigenvalue weighted by Gasteiger charge is -2.20. The first-order chi connectivity index (χ1) is 8.61. The SMILES string of the molecule is CN(c1cccc(F)c1)c1ccc(F)cc1C#N. The molecule has 90 valence electrons. The smallest absolute Gasteiger partial charge is 0.125 e. The minimum atomic E-state index is -0.469. The lowest BCUT2D eigenvalue weighted by atomic mass is 10.1. The topological polar surface area (TPSA) is 27.0 Å². The minimum absolute atomic E-state index is 0.210. The Kier molecular flexibility index (Phi) is 3.24. The average molecular weight is 244 g/mol. The fraction of sp³-hybridized carbons (Fsp3) is 0.0714. The second kappa shape index (κ2) is 4.84. The quantitative estimate of drug-likeness (QED) is 0.807. The van der Waals surface area contributed by atoms with Crippen LogP contribution in [0.5, 0.6) is 0 Å². The molecule has 2 nitrogen and oxygen atoms in total. The highest BCUT2D eigenvalue weighted by molar-refractivity contribution is 5.68. The van der Waals surface area contributed by atoms with E-state index in [2.05, 4.69) is 0 Å². The molecule has 0 aliphatic carbocycles. The average Bonchev–Trinajstić information content (AvgIpc) is 2.37. The van der Waals surface area contributed by atoms with Crippen LogP contribution in [-0.2, 0) is 0 Å². The van der Waals surface area contributed by atoms with Crippen LogP contribution in [0.1, 0.15) is 5.56 Å². The zero-order valence-electron chi connectivity index (χ0n) is 9.69. The molecule has 0 heterocycles. The van der Waals surface area contributed by atoms with Crippen LogP contribution in [0.15, 0.2) is 42.5 Å². The van der Waals surface area contributed by atoms with Crippen molar-refractivity contribution in [2.45, 2.75) is 0 Å². The summed E-state index contributed by atoms with van der Waals surface area (Å²) in [4.78, 5) is 1.64. The molecule has 0 saturated carbocycles. The van der Waals surface area contributed by atoms with E-state index >= 15 is 0 Å². The van der Waals surface area contributed by atoms with Crippen LogP contribution < -0.4 is 4.90 Å². The number of benzene rings is 2. The standard InChI is InChI=1S/C14H10F2N2/c1-18(13-4-2-3-11(15)8-13)14-6-5-12(16)7-10(14)9-17/h2-8H,1H3. The van der Waals surface area contributed by atoms with Crippen LogP contribution in [0.2, 0.25) is 0 Å². The summed E-state index contributed by atoms with van der Waals surface area (Å²) in [5.74, 6) is -0.831. The van der Waals surface area contributed by atoms with Crippen molar-refractivity contribution in [2.75, 3.05) is 11.9 Å². The van der Waals surface area contributed by atoms with Gasteiger partial charge in [-0.15, -0.1) is 0 Å². The Balaban J connectivity index is 2.46. The molecule has 0 fully saturated rings. The number of anilines is 2. The van der Waals surface area contributed by atoms with Gasteiger partial charge in [0.1, 0.15) is 17.7 Å². The summed E-state index contributed by atoms with van der Waals surface area (Å²) in [7, 11) is 1.70. The maximum Gasteiger partial charge on any atom is 0.125 e. The van der Waals surface area contributed by atoms with Crippen LogP contribution in [0.4, 0.5) is 20.2 Å². The molecule has 4 heteroatoms. The van der Waals surface area contributed by atoms with Gasteiger partial charge in [0.05, 0.1) is 11.3 Å². The predicted molar refractivity (Wildman–Crippen MR) is 65.6 cm³/mol. The molecular formula is C14H10F2N2. The van der Waals surface area contributed by atoms with E-state index in [0.29, 0.717) is 11.4 Å². The molecule has 0 aliphatic rings. The molecule has 0 aliphatic heterocycles. The first-order valence-corrected chi connectivity index (χ1v) is 5.31.